The van der Waals surface area contributed by atoms with Crippen molar-refractivity contribution in [3.63, 3.8) is 0 Å². The average Bonchev–Trinajstić information content (AvgIpc) is 2.42. The minimum Gasteiger partial charge on any atom is -0.385 e. The topological polar surface area (TPSA) is 12.0 Å². The van der Waals surface area contributed by atoms with Gasteiger partial charge in [0.1, 0.15) is 0 Å². The molecule has 0 aromatic heterocycles. The van der Waals surface area contributed by atoms with Crippen LogP contribution in [0.4, 0.5) is 0 Å². The Bertz CT molecular complexity index is 426. The second-order valence-electron chi connectivity index (χ2n) is 3.96. The zero-order valence-corrected chi connectivity index (χ0v) is 8.14. The van der Waals surface area contributed by atoms with Crippen molar-refractivity contribution in [3.8, 4) is 0 Å². The van der Waals surface area contributed by atoms with Crippen molar-refractivity contribution in [2.75, 3.05) is 6.54 Å². The Morgan fingerprint density at radius 1 is 1.36 bits per heavy atom. The summed E-state index contributed by atoms with van der Waals surface area (Å²) in [7, 11) is 0. The van der Waals surface area contributed by atoms with Crippen LogP contribution >= 0.6 is 0 Å². The van der Waals surface area contributed by atoms with Gasteiger partial charge in [-0.2, -0.15) is 0 Å². The quantitative estimate of drug-likeness (QED) is 0.569. The molecule has 0 aromatic rings. The summed E-state index contributed by atoms with van der Waals surface area (Å²) in [6.07, 6.45) is 12.1. The van der Waals surface area contributed by atoms with Crippen molar-refractivity contribution in [3.05, 3.63) is 52.5 Å². The van der Waals surface area contributed by atoms with Gasteiger partial charge >= 0.3 is 0 Å². The summed E-state index contributed by atoms with van der Waals surface area (Å²) in [6, 6.07) is 0. The summed E-state index contributed by atoms with van der Waals surface area (Å²) in [6.45, 7) is 1.12. The summed E-state index contributed by atoms with van der Waals surface area (Å²) < 4.78 is 0. The van der Waals surface area contributed by atoms with Crippen LogP contribution in [0.5, 0.6) is 0 Å². The van der Waals surface area contributed by atoms with E-state index in [2.05, 4.69) is 29.3 Å². The van der Waals surface area contributed by atoms with Gasteiger partial charge in [0.05, 0.1) is 0 Å². The SMILES string of the molecule is C1=CC=CC2=C(C=1)C1=C(CCCN1)C2. The molecule has 14 heavy (non-hydrogen) atoms. The van der Waals surface area contributed by atoms with Crippen molar-refractivity contribution in [1.29, 1.82) is 0 Å². The average molecular weight is 183 g/mol. The van der Waals surface area contributed by atoms with E-state index in [4.69, 9.17) is 0 Å². The molecular weight excluding hydrogens is 170 g/mol. The van der Waals surface area contributed by atoms with E-state index in [1.165, 1.54) is 29.7 Å². The molecule has 1 heteroatoms. The number of nitrogens with one attached hydrogen (secondary N) is 1. The Morgan fingerprint density at radius 2 is 2.36 bits per heavy atom. The van der Waals surface area contributed by atoms with E-state index in [9.17, 15) is 0 Å². The molecule has 0 amide bonds. The maximum atomic E-state index is 3.51. The van der Waals surface area contributed by atoms with Crippen LogP contribution in [0.2, 0.25) is 0 Å². The van der Waals surface area contributed by atoms with Crippen molar-refractivity contribution < 1.29 is 0 Å². The van der Waals surface area contributed by atoms with E-state index in [1.807, 2.05) is 6.08 Å². The lowest BCUT2D eigenvalue weighted by Gasteiger charge is -2.17. The highest BCUT2D eigenvalue weighted by atomic mass is 14.9. The number of hydrogen-bond acceptors (Lipinski definition) is 1. The van der Waals surface area contributed by atoms with E-state index in [-0.39, 0.29) is 0 Å². The van der Waals surface area contributed by atoms with Crippen LogP contribution in [0, 0.1) is 0 Å². The third-order valence-electron chi connectivity index (χ3n) is 3.05. The molecule has 2 aliphatic carbocycles. The predicted molar refractivity (Wildman–Crippen MR) is 57.7 cm³/mol. The van der Waals surface area contributed by atoms with E-state index >= 15 is 0 Å². The molecule has 3 rings (SSSR count). The molecule has 1 heterocycles. The maximum absolute atomic E-state index is 3.51. The molecule has 0 bridgehead atoms. The molecule has 3 aliphatic rings. The highest BCUT2D eigenvalue weighted by Gasteiger charge is 2.23. The highest BCUT2D eigenvalue weighted by Crippen LogP contribution is 2.36. The standard InChI is InChI=1S/C13H13N/c1-2-5-10-9-11-6-4-8-14-13(11)12(10)7-3-1/h1-2,5,7,14H,4,6,8-9H2. The fourth-order valence-corrected chi connectivity index (χ4v) is 2.38. The zero-order valence-electron chi connectivity index (χ0n) is 8.14. The fourth-order valence-electron chi connectivity index (χ4n) is 2.38. The third kappa shape index (κ3) is 1.10. The van der Waals surface area contributed by atoms with Crippen LogP contribution in [0.3, 0.4) is 0 Å². The molecule has 70 valence electrons. The molecule has 0 aromatic carbocycles. The molecule has 0 radical (unpaired) electrons. The van der Waals surface area contributed by atoms with E-state index in [1.54, 1.807) is 5.57 Å². The third-order valence-corrected chi connectivity index (χ3v) is 3.05. The van der Waals surface area contributed by atoms with Gasteiger partial charge in [0.15, 0.2) is 0 Å². The normalized spacial score (nSPS) is 23.4. The summed E-state index contributed by atoms with van der Waals surface area (Å²) >= 11 is 0. The van der Waals surface area contributed by atoms with Gasteiger partial charge in [0.25, 0.3) is 0 Å². The lowest BCUT2D eigenvalue weighted by Crippen LogP contribution is -2.20. The van der Waals surface area contributed by atoms with Crippen LogP contribution < -0.4 is 5.32 Å². The second kappa shape index (κ2) is 3.04. The van der Waals surface area contributed by atoms with Gasteiger partial charge in [-0.25, -0.2) is 0 Å². The van der Waals surface area contributed by atoms with Gasteiger partial charge in [-0.1, -0.05) is 12.2 Å². The first kappa shape index (κ1) is 7.90. The highest BCUT2D eigenvalue weighted by molar-refractivity contribution is 5.57. The monoisotopic (exact) mass is 183 g/mol. The molecular formula is C13H13N. The first-order valence-corrected chi connectivity index (χ1v) is 5.24. The molecule has 1 N–H and O–H groups in total. The molecule has 0 saturated carbocycles. The summed E-state index contributed by atoms with van der Waals surface area (Å²) in [5.74, 6) is 0. The van der Waals surface area contributed by atoms with Crippen LogP contribution in [-0.2, 0) is 0 Å². The van der Waals surface area contributed by atoms with Crippen LogP contribution in [-0.4, -0.2) is 6.54 Å². The number of allylic oxidation sites excluding steroid dienone is 5. The molecule has 0 saturated heterocycles. The van der Waals surface area contributed by atoms with Gasteiger partial charge < -0.3 is 5.32 Å². The van der Waals surface area contributed by atoms with Gasteiger partial charge in [0.2, 0.25) is 0 Å². The minimum absolute atomic E-state index is 1.12. The largest absolute Gasteiger partial charge is 0.385 e. The Kier molecular flexibility index (Phi) is 1.71. The first-order valence-electron chi connectivity index (χ1n) is 5.24. The van der Waals surface area contributed by atoms with Crippen LogP contribution in [0.15, 0.2) is 52.5 Å². The number of fused-ring (bicyclic) bond motifs is 1. The summed E-state index contributed by atoms with van der Waals surface area (Å²) in [4.78, 5) is 0. The lowest BCUT2D eigenvalue weighted by molar-refractivity contribution is 0.670. The van der Waals surface area contributed by atoms with Gasteiger partial charge in [0, 0.05) is 17.8 Å². The van der Waals surface area contributed by atoms with Gasteiger partial charge in [-0.3, -0.25) is 0 Å². The van der Waals surface area contributed by atoms with E-state index in [0.29, 0.717) is 0 Å². The lowest BCUT2D eigenvalue weighted by atomic mass is 10.0. The number of hydrogen-bond donors (Lipinski definition) is 1. The fraction of sp³-hybridized carbons (Fsp3) is 0.308. The Morgan fingerprint density at radius 3 is 3.36 bits per heavy atom. The molecule has 1 nitrogen and oxygen atoms in total. The van der Waals surface area contributed by atoms with E-state index < -0.39 is 0 Å². The Balaban J connectivity index is 2.08. The Labute approximate surface area is 84.2 Å². The van der Waals surface area contributed by atoms with Crippen LogP contribution in [0.25, 0.3) is 0 Å². The van der Waals surface area contributed by atoms with E-state index in [0.717, 1.165) is 13.0 Å². The smallest absolute Gasteiger partial charge is 0.0418 e. The van der Waals surface area contributed by atoms with Crippen molar-refractivity contribution >= 4 is 0 Å². The predicted octanol–water partition coefficient (Wildman–Crippen LogP) is 2.61. The molecule has 0 atom stereocenters. The number of rotatable bonds is 0. The first-order chi connectivity index (χ1) is 6.95. The summed E-state index contributed by atoms with van der Waals surface area (Å²) in [5, 5.41) is 3.51. The zero-order chi connectivity index (χ0) is 9.38. The van der Waals surface area contributed by atoms with Crippen molar-refractivity contribution in [2.45, 2.75) is 19.3 Å². The molecule has 0 unspecified atom stereocenters. The molecule has 1 aliphatic heterocycles. The second-order valence-corrected chi connectivity index (χ2v) is 3.96. The molecule has 0 spiro atoms. The van der Waals surface area contributed by atoms with Crippen molar-refractivity contribution in [1.82, 2.24) is 5.32 Å². The Hall–Kier alpha value is -1.46. The van der Waals surface area contributed by atoms with Crippen molar-refractivity contribution in [2.24, 2.45) is 0 Å². The van der Waals surface area contributed by atoms with Crippen LogP contribution in [0.1, 0.15) is 19.3 Å². The minimum atomic E-state index is 1.12. The summed E-state index contributed by atoms with van der Waals surface area (Å²) in [5.41, 5.74) is 8.97. The van der Waals surface area contributed by atoms with Gasteiger partial charge in [-0.05, 0) is 42.6 Å². The maximum Gasteiger partial charge on any atom is 0.0418 e. The van der Waals surface area contributed by atoms with Gasteiger partial charge in [-0.15, -0.1) is 5.73 Å². The molecule has 0 fully saturated rings.